The first-order chi connectivity index (χ1) is 12.4. The summed E-state index contributed by atoms with van der Waals surface area (Å²) in [6.07, 6.45) is -0.687. The van der Waals surface area contributed by atoms with Crippen LogP contribution in [0.4, 0.5) is 10.5 Å². The number of amides is 1. The van der Waals surface area contributed by atoms with Crippen LogP contribution in [-0.4, -0.2) is 28.2 Å². The molecule has 0 heterocycles. The number of sulfonamides is 1. The summed E-state index contributed by atoms with van der Waals surface area (Å²) in [4.78, 5) is 11.6. The maximum absolute atomic E-state index is 12.5. The number of anilines is 1. The van der Waals surface area contributed by atoms with Crippen molar-refractivity contribution < 1.29 is 22.7 Å². The standard InChI is InChI=1S/C18H22N2O5S/c1-4-25-18(21)20-16-11-15(9-10-17(16)24-3)26(22,23)19-12-14-7-5-13(2)6-8-14/h5-11,19H,4,12H2,1-3H3,(H,20,21). The molecule has 0 spiro atoms. The molecule has 2 aromatic carbocycles. The summed E-state index contributed by atoms with van der Waals surface area (Å²) < 4.78 is 37.6. The number of hydrogen-bond acceptors (Lipinski definition) is 5. The molecule has 0 atom stereocenters. The number of nitrogens with one attached hydrogen (secondary N) is 2. The number of rotatable bonds is 7. The number of methoxy groups -OCH3 is 1. The van der Waals surface area contributed by atoms with E-state index >= 15 is 0 Å². The molecule has 0 fully saturated rings. The van der Waals surface area contributed by atoms with Crippen molar-refractivity contribution in [2.75, 3.05) is 19.0 Å². The Bertz CT molecular complexity index is 864. The quantitative estimate of drug-likeness (QED) is 0.772. The van der Waals surface area contributed by atoms with E-state index in [4.69, 9.17) is 9.47 Å². The third kappa shape index (κ3) is 5.21. The first-order valence-electron chi connectivity index (χ1n) is 8.02. The molecule has 0 bridgehead atoms. The van der Waals surface area contributed by atoms with Crippen LogP contribution in [0.1, 0.15) is 18.1 Å². The summed E-state index contributed by atoms with van der Waals surface area (Å²) in [5.41, 5.74) is 2.16. The number of benzene rings is 2. The van der Waals surface area contributed by atoms with E-state index in [0.29, 0.717) is 5.75 Å². The second kappa shape index (κ2) is 8.68. The molecule has 0 saturated heterocycles. The fourth-order valence-electron chi connectivity index (χ4n) is 2.20. The molecule has 140 valence electrons. The van der Waals surface area contributed by atoms with Gasteiger partial charge in [0.1, 0.15) is 5.75 Å². The zero-order valence-corrected chi connectivity index (χ0v) is 15.7. The summed E-state index contributed by atoms with van der Waals surface area (Å²) in [6, 6.07) is 11.8. The van der Waals surface area contributed by atoms with Gasteiger partial charge >= 0.3 is 6.09 Å². The molecule has 1 amide bonds. The Labute approximate surface area is 153 Å². The van der Waals surface area contributed by atoms with Crippen molar-refractivity contribution in [1.29, 1.82) is 0 Å². The van der Waals surface area contributed by atoms with Gasteiger partial charge < -0.3 is 9.47 Å². The van der Waals surface area contributed by atoms with Gasteiger partial charge in [-0.1, -0.05) is 29.8 Å². The summed E-state index contributed by atoms with van der Waals surface area (Å²) in [7, 11) is -2.34. The second-order valence-electron chi connectivity index (χ2n) is 5.52. The molecule has 7 nitrogen and oxygen atoms in total. The Balaban J connectivity index is 2.19. The molecule has 0 saturated carbocycles. The van der Waals surface area contributed by atoms with E-state index in [1.807, 2.05) is 31.2 Å². The van der Waals surface area contributed by atoms with Gasteiger partial charge in [0.15, 0.2) is 0 Å². The number of aryl methyl sites for hydroxylation is 1. The van der Waals surface area contributed by atoms with Crippen molar-refractivity contribution in [3.05, 3.63) is 53.6 Å². The first-order valence-corrected chi connectivity index (χ1v) is 9.51. The number of carbonyl (C=O) groups excluding carboxylic acids is 1. The van der Waals surface area contributed by atoms with Gasteiger partial charge in [-0.05, 0) is 37.6 Å². The third-order valence-electron chi connectivity index (χ3n) is 3.58. The van der Waals surface area contributed by atoms with Crippen LogP contribution in [-0.2, 0) is 21.3 Å². The second-order valence-corrected chi connectivity index (χ2v) is 7.28. The zero-order valence-electron chi connectivity index (χ0n) is 14.9. The monoisotopic (exact) mass is 378 g/mol. The Morgan fingerprint density at radius 1 is 1.12 bits per heavy atom. The molecule has 0 unspecified atom stereocenters. The van der Waals surface area contributed by atoms with Gasteiger partial charge in [0.25, 0.3) is 0 Å². The lowest BCUT2D eigenvalue weighted by molar-refractivity contribution is 0.168. The highest BCUT2D eigenvalue weighted by Crippen LogP contribution is 2.27. The topological polar surface area (TPSA) is 93.7 Å². The highest BCUT2D eigenvalue weighted by atomic mass is 32.2. The average Bonchev–Trinajstić information content (AvgIpc) is 2.61. The van der Waals surface area contributed by atoms with E-state index in [0.717, 1.165) is 11.1 Å². The molecule has 2 rings (SSSR count). The van der Waals surface area contributed by atoms with Crippen molar-refractivity contribution in [2.24, 2.45) is 0 Å². The molecule has 0 aromatic heterocycles. The molecule has 8 heteroatoms. The lowest BCUT2D eigenvalue weighted by Gasteiger charge is -2.13. The molecule has 2 N–H and O–H groups in total. The van der Waals surface area contributed by atoms with Gasteiger partial charge in [-0.15, -0.1) is 0 Å². The van der Waals surface area contributed by atoms with Gasteiger partial charge in [0, 0.05) is 6.54 Å². The Kier molecular flexibility index (Phi) is 6.59. The minimum Gasteiger partial charge on any atom is -0.495 e. The smallest absolute Gasteiger partial charge is 0.411 e. The maximum atomic E-state index is 12.5. The van der Waals surface area contributed by atoms with Gasteiger partial charge in [0.2, 0.25) is 10.0 Å². The van der Waals surface area contributed by atoms with Crippen LogP contribution in [0.3, 0.4) is 0 Å². The number of ether oxygens (including phenoxy) is 2. The third-order valence-corrected chi connectivity index (χ3v) is 4.98. The zero-order chi connectivity index (χ0) is 19.2. The van der Waals surface area contributed by atoms with Crippen molar-refractivity contribution >= 4 is 21.8 Å². The highest BCUT2D eigenvalue weighted by Gasteiger charge is 2.17. The van der Waals surface area contributed by atoms with Crippen LogP contribution in [0.15, 0.2) is 47.4 Å². The summed E-state index contributed by atoms with van der Waals surface area (Å²) in [5.74, 6) is 0.329. The Hall–Kier alpha value is -2.58. The lowest BCUT2D eigenvalue weighted by Crippen LogP contribution is -2.23. The molecule has 0 aliphatic heterocycles. The van der Waals surface area contributed by atoms with E-state index in [1.165, 1.54) is 25.3 Å². The van der Waals surface area contributed by atoms with Crippen molar-refractivity contribution in [3.63, 3.8) is 0 Å². The SMILES string of the molecule is CCOC(=O)Nc1cc(S(=O)(=O)NCc2ccc(C)cc2)ccc1OC. The minimum atomic E-state index is -3.76. The van der Waals surface area contributed by atoms with E-state index < -0.39 is 16.1 Å². The summed E-state index contributed by atoms with van der Waals surface area (Å²) >= 11 is 0. The summed E-state index contributed by atoms with van der Waals surface area (Å²) in [5, 5.41) is 2.48. The fourth-order valence-corrected chi connectivity index (χ4v) is 3.24. The molecule has 26 heavy (non-hydrogen) atoms. The van der Waals surface area contributed by atoms with E-state index in [9.17, 15) is 13.2 Å². The summed E-state index contributed by atoms with van der Waals surface area (Å²) in [6.45, 7) is 4.00. The minimum absolute atomic E-state index is 0.0113. The largest absolute Gasteiger partial charge is 0.495 e. The lowest BCUT2D eigenvalue weighted by atomic mass is 10.2. The van der Waals surface area contributed by atoms with Crippen LogP contribution in [0.25, 0.3) is 0 Å². The van der Waals surface area contributed by atoms with Crippen LogP contribution in [0.5, 0.6) is 5.75 Å². The van der Waals surface area contributed by atoms with Crippen molar-refractivity contribution in [3.8, 4) is 5.75 Å². The number of carbonyl (C=O) groups is 1. The normalized spacial score (nSPS) is 11.0. The van der Waals surface area contributed by atoms with E-state index in [-0.39, 0.29) is 23.7 Å². The van der Waals surface area contributed by atoms with Gasteiger partial charge in [-0.25, -0.2) is 17.9 Å². The van der Waals surface area contributed by atoms with Gasteiger partial charge in [0.05, 0.1) is 24.3 Å². The average molecular weight is 378 g/mol. The maximum Gasteiger partial charge on any atom is 0.411 e. The highest BCUT2D eigenvalue weighted by molar-refractivity contribution is 7.89. The van der Waals surface area contributed by atoms with Crippen LogP contribution in [0, 0.1) is 6.92 Å². The van der Waals surface area contributed by atoms with Gasteiger partial charge in [-0.3, -0.25) is 5.32 Å². The Morgan fingerprint density at radius 3 is 2.42 bits per heavy atom. The first kappa shape index (κ1) is 19.7. The van der Waals surface area contributed by atoms with Crippen LogP contribution in [0.2, 0.25) is 0 Å². The Morgan fingerprint density at radius 2 is 1.81 bits per heavy atom. The van der Waals surface area contributed by atoms with Crippen molar-refractivity contribution in [1.82, 2.24) is 4.72 Å². The molecule has 2 aromatic rings. The van der Waals surface area contributed by atoms with Crippen LogP contribution >= 0.6 is 0 Å². The molecule has 0 radical (unpaired) electrons. The molecular formula is C18H22N2O5S. The molecule has 0 aliphatic rings. The molecule has 0 aliphatic carbocycles. The number of hydrogen-bond donors (Lipinski definition) is 2. The fraction of sp³-hybridized carbons (Fsp3) is 0.278. The van der Waals surface area contributed by atoms with E-state index in [2.05, 4.69) is 10.0 Å². The van der Waals surface area contributed by atoms with Gasteiger partial charge in [-0.2, -0.15) is 0 Å². The molecular weight excluding hydrogens is 356 g/mol. The predicted octanol–water partition coefficient (Wildman–Crippen LogP) is 3.05. The van der Waals surface area contributed by atoms with Crippen LogP contribution < -0.4 is 14.8 Å². The predicted molar refractivity (Wildman–Crippen MR) is 98.8 cm³/mol. The van der Waals surface area contributed by atoms with Crippen molar-refractivity contribution in [2.45, 2.75) is 25.3 Å². The van der Waals surface area contributed by atoms with E-state index in [1.54, 1.807) is 6.92 Å².